The van der Waals surface area contributed by atoms with E-state index in [1.165, 1.54) is 18.0 Å². The number of piperidine rings is 1. The van der Waals surface area contributed by atoms with Crippen LogP contribution < -0.4 is 9.62 Å². The van der Waals surface area contributed by atoms with Gasteiger partial charge in [0.15, 0.2) is 5.65 Å². The topological polar surface area (TPSA) is 110 Å². The highest BCUT2D eigenvalue weighted by Gasteiger charge is 2.50. The molecule has 2 aromatic heterocycles. The molecule has 1 spiro atoms. The predicted octanol–water partition coefficient (Wildman–Crippen LogP) is 5.66. The number of hydrogen-bond donors (Lipinski definition) is 1. The number of hydrogen-bond acceptors (Lipinski definition) is 10. The zero-order valence-corrected chi connectivity index (χ0v) is 26.4. The Balaban J connectivity index is 1.29. The minimum Gasteiger partial charge on any atom is -0.444 e. The lowest BCUT2D eigenvalue weighted by atomic mass is 9.73. The van der Waals surface area contributed by atoms with E-state index in [1.807, 2.05) is 45.0 Å². The number of ether oxygens (including phenoxy) is 1. The summed E-state index contributed by atoms with van der Waals surface area (Å²) >= 11 is 7.90. The minimum absolute atomic E-state index is 0.0128. The van der Waals surface area contributed by atoms with Gasteiger partial charge in [0.25, 0.3) is 0 Å². The van der Waals surface area contributed by atoms with Crippen LogP contribution in [0.4, 0.5) is 11.5 Å². The van der Waals surface area contributed by atoms with Gasteiger partial charge in [0.2, 0.25) is 0 Å². The van der Waals surface area contributed by atoms with Gasteiger partial charge in [0.1, 0.15) is 16.4 Å². The molecule has 0 saturated carbocycles. The monoisotopic (exact) mass is 621 g/mol. The molecule has 40 heavy (non-hydrogen) atoms. The summed E-state index contributed by atoms with van der Waals surface area (Å²) in [7, 11) is -2.50. The second kappa shape index (κ2) is 11.8. The summed E-state index contributed by atoms with van der Waals surface area (Å²) in [5, 5.41) is 1.17. The molecule has 2 fully saturated rings. The third-order valence-corrected chi connectivity index (χ3v) is 10.9. The highest BCUT2D eigenvalue weighted by atomic mass is 35.5. The van der Waals surface area contributed by atoms with Crippen LogP contribution in [-0.2, 0) is 30.5 Å². The molecular weight excluding hydrogens is 588 g/mol. The van der Waals surface area contributed by atoms with Gasteiger partial charge in [-0.25, -0.2) is 23.9 Å². The van der Waals surface area contributed by atoms with Crippen molar-refractivity contribution in [1.82, 2.24) is 19.7 Å². The zero-order valence-electron chi connectivity index (χ0n) is 23.2. The Morgan fingerprint density at radius 3 is 2.67 bits per heavy atom. The lowest BCUT2D eigenvalue weighted by Gasteiger charge is -2.43. The maximum atomic E-state index is 12.9. The van der Waals surface area contributed by atoms with E-state index in [0.717, 1.165) is 47.2 Å². The van der Waals surface area contributed by atoms with Gasteiger partial charge in [0, 0.05) is 23.4 Å². The number of rotatable bonds is 6. The molecule has 1 N–H and O–H groups in total. The first-order valence-corrected chi connectivity index (χ1v) is 17.0. The molecule has 3 aromatic rings. The summed E-state index contributed by atoms with van der Waals surface area (Å²) in [6.07, 6.45) is 5.13. The van der Waals surface area contributed by atoms with Crippen molar-refractivity contribution in [2.24, 2.45) is 9.78 Å². The summed E-state index contributed by atoms with van der Waals surface area (Å²) in [4.78, 5) is 17.2. The molecule has 216 valence electrons. The molecule has 0 aliphatic carbocycles. The number of aromatic nitrogens is 3. The molecule has 2 aliphatic heterocycles. The van der Waals surface area contributed by atoms with Gasteiger partial charge in [-0.3, -0.25) is 0 Å². The molecular formula is C27H34ClN6O3S3-. The van der Waals surface area contributed by atoms with Crippen LogP contribution in [0.1, 0.15) is 40.5 Å². The average molecular weight is 622 g/mol. The summed E-state index contributed by atoms with van der Waals surface area (Å²) < 4.78 is 37.6. The fourth-order valence-corrected chi connectivity index (χ4v) is 7.74. The minimum atomic E-state index is -1.35. The largest absolute Gasteiger partial charge is 0.444 e. The van der Waals surface area contributed by atoms with Gasteiger partial charge in [-0.2, -0.15) is 10.6 Å². The quantitative estimate of drug-likeness (QED) is 0.351. The van der Waals surface area contributed by atoms with Crippen molar-refractivity contribution in [3.05, 3.63) is 41.6 Å². The third kappa shape index (κ3) is 6.32. The Morgan fingerprint density at radius 2 is 1.98 bits per heavy atom. The van der Waals surface area contributed by atoms with Crippen molar-refractivity contribution in [2.75, 3.05) is 30.9 Å². The van der Waals surface area contributed by atoms with Gasteiger partial charge < -0.3 is 18.2 Å². The SMILES string of the molecule is C[C@@H]1OCC2(CCN(c3cnc4nc(Sc5cccc(N=[S-](C)=O)c5Cl)ccc4n3)CC2)[C@@H]1N[S@](=O)C(C)(C)C. The fourth-order valence-electron chi connectivity index (χ4n) is 5.12. The lowest BCUT2D eigenvalue weighted by Crippen LogP contribution is -2.55. The Bertz CT molecular complexity index is 1520. The van der Waals surface area contributed by atoms with Crippen LogP contribution in [0.15, 0.2) is 50.8 Å². The molecule has 1 aromatic carbocycles. The summed E-state index contributed by atoms with van der Waals surface area (Å²) in [5.41, 5.74) is 1.72. The fraction of sp³-hybridized carbons (Fsp3) is 0.519. The number of anilines is 1. The zero-order chi connectivity index (χ0) is 28.7. The van der Waals surface area contributed by atoms with Crippen LogP contribution in [0, 0.1) is 5.41 Å². The summed E-state index contributed by atoms with van der Waals surface area (Å²) in [6, 6.07) is 9.31. The number of nitrogens with zero attached hydrogens (tertiary/aromatic N) is 5. The second-order valence-corrected chi connectivity index (χ2v) is 15.7. The van der Waals surface area contributed by atoms with Crippen molar-refractivity contribution in [3.8, 4) is 0 Å². The molecule has 0 unspecified atom stereocenters. The smallest absolute Gasteiger partial charge is 0.179 e. The van der Waals surface area contributed by atoms with E-state index in [0.29, 0.717) is 23.0 Å². The number of pyridine rings is 1. The van der Waals surface area contributed by atoms with Crippen molar-refractivity contribution in [3.63, 3.8) is 0 Å². The van der Waals surface area contributed by atoms with Gasteiger partial charge in [0.05, 0.1) is 51.4 Å². The van der Waals surface area contributed by atoms with Gasteiger partial charge >= 0.3 is 0 Å². The number of benzene rings is 1. The highest BCUT2D eigenvalue weighted by Crippen LogP contribution is 2.43. The molecule has 3 atom stereocenters. The molecule has 2 aliphatic rings. The Labute approximate surface area is 249 Å². The normalized spacial score (nSPS) is 22.7. The molecule has 5 rings (SSSR count). The van der Waals surface area contributed by atoms with Gasteiger partial charge in [-0.05, 0) is 64.8 Å². The van der Waals surface area contributed by atoms with Crippen LogP contribution in [0.5, 0.6) is 0 Å². The molecule has 0 amide bonds. The van der Waals surface area contributed by atoms with Crippen molar-refractivity contribution >= 4 is 67.6 Å². The van der Waals surface area contributed by atoms with Crippen LogP contribution >= 0.6 is 23.4 Å². The molecule has 9 nitrogen and oxygen atoms in total. The van der Waals surface area contributed by atoms with E-state index >= 15 is 0 Å². The van der Waals surface area contributed by atoms with Crippen molar-refractivity contribution in [1.29, 1.82) is 0 Å². The van der Waals surface area contributed by atoms with E-state index < -0.39 is 21.6 Å². The van der Waals surface area contributed by atoms with Crippen molar-refractivity contribution in [2.45, 2.75) is 67.4 Å². The van der Waals surface area contributed by atoms with Crippen molar-refractivity contribution < 1.29 is 13.2 Å². The average Bonchev–Trinajstić information content (AvgIpc) is 3.20. The van der Waals surface area contributed by atoms with E-state index in [2.05, 4.69) is 30.9 Å². The lowest BCUT2D eigenvalue weighted by molar-refractivity contribution is 0.0973. The second-order valence-electron chi connectivity index (χ2n) is 11.3. The van der Waals surface area contributed by atoms with Gasteiger partial charge in [-0.15, -0.1) is 6.26 Å². The molecule has 0 bridgehead atoms. The molecule has 0 radical (unpaired) electrons. The van der Waals surface area contributed by atoms with Gasteiger partial charge in [-0.1, -0.05) is 29.4 Å². The maximum Gasteiger partial charge on any atom is 0.179 e. The highest BCUT2D eigenvalue weighted by molar-refractivity contribution is 7.99. The molecule has 4 heterocycles. The van der Waals surface area contributed by atoms with Crippen LogP contribution in [0.2, 0.25) is 5.02 Å². The standard InChI is InChI=1S/C27H34ClN6O3S3/c1-17-24(33-40(36)26(2,3)4)27(16-37-17)11-13-34(14-12-27)21-15-29-25-19(30-21)9-10-22(31-25)38-20-8-6-7-18(23(20)28)32-39(5)35/h6-10,15,17,24,33H,11-14,16H2,1-5H3/q-1/t17-,24+,40+/m0/s1. The Kier molecular flexibility index (Phi) is 8.76. The van der Waals surface area contributed by atoms with E-state index in [9.17, 15) is 8.42 Å². The first kappa shape index (κ1) is 29.7. The third-order valence-electron chi connectivity index (χ3n) is 7.39. The van der Waals surface area contributed by atoms with Crippen LogP contribution in [0.25, 0.3) is 11.2 Å². The predicted molar refractivity (Wildman–Crippen MR) is 163 cm³/mol. The number of fused-ring (bicyclic) bond motifs is 1. The number of halogens is 1. The Morgan fingerprint density at radius 1 is 1.23 bits per heavy atom. The first-order chi connectivity index (χ1) is 18.9. The van der Waals surface area contributed by atoms with E-state index in [-0.39, 0.29) is 22.3 Å². The maximum absolute atomic E-state index is 12.9. The Hall–Kier alpha value is -1.83. The van der Waals surface area contributed by atoms with E-state index in [4.69, 9.17) is 21.3 Å². The molecule has 13 heteroatoms. The summed E-state index contributed by atoms with van der Waals surface area (Å²) in [6.45, 7) is 10.3. The summed E-state index contributed by atoms with van der Waals surface area (Å²) in [5.74, 6) is 0.823. The van der Waals surface area contributed by atoms with E-state index in [1.54, 1.807) is 12.3 Å². The van der Waals surface area contributed by atoms with Crippen LogP contribution in [0.3, 0.4) is 0 Å². The molecule has 2 saturated heterocycles. The van der Waals surface area contributed by atoms with Crippen LogP contribution in [-0.4, -0.2) is 62.0 Å². The first-order valence-electron chi connectivity index (χ1n) is 13.2. The number of nitrogens with one attached hydrogen (secondary N) is 1.